The third kappa shape index (κ3) is 4.15. The topological polar surface area (TPSA) is 84.1 Å². The van der Waals surface area contributed by atoms with Gasteiger partial charge in [0.05, 0.1) is 16.6 Å². The highest BCUT2D eigenvalue weighted by molar-refractivity contribution is 5.97. The van der Waals surface area contributed by atoms with Gasteiger partial charge < -0.3 is 9.84 Å². The minimum absolute atomic E-state index is 0.0871. The van der Waals surface area contributed by atoms with Crippen molar-refractivity contribution in [1.82, 2.24) is 25.3 Å². The van der Waals surface area contributed by atoms with Crippen molar-refractivity contribution in [3.8, 4) is 0 Å². The molecule has 3 aromatic heterocycles. The maximum absolute atomic E-state index is 12.8. The van der Waals surface area contributed by atoms with Crippen LogP contribution in [0.25, 0.3) is 11.1 Å². The van der Waals surface area contributed by atoms with E-state index in [2.05, 4.69) is 44.4 Å². The van der Waals surface area contributed by atoms with E-state index in [9.17, 15) is 4.79 Å². The Labute approximate surface area is 170 Å². The number of nitrogens with one attached hydrogen (secondary N) is 1. The molecule has 1 aliphatic rings. The van der Waals surface area contributed by atoms with Crippen LogP contribution in [0.3, 0.4) is 0 Å². The smallest absolute Gasteiger partial charge is 0.257 e. The number of rotatable bonds is 5. The van der Waals surface area contributed by atoms with Crippen LogP contribution >= 0.6 is 0 Å². The van der Waals surface area contributed by atoms with Crippen LogP contribution in [-0.4, -0.2) is 45.1 Å². The molecule has 152 valence electrons. The highest BCUT2D eigenvalue weighted by Gasteiger charge is 2.25. The van der Waals surface area contributed by atoms with Crippen LogP contribution in [-0.2, 0) is 0 Å². The molecule has 1 aliphatic heterocycles. The van der Waals surface area contributed by atoms with Crippen molar-refractivity contribution in [3.05, 3.63) is 53.6 Å². The van der Waals surface area contributed by atoms with E-state index < -0.39 is 0 Å². The lowest BCUT2D eigenvalue weighted by atomic mass is 10.0. The van der Waals surface area contributed by atoms with Gasteiger partial charge in [-0.3, -0.25) is 14.7 Å². The number of hydrogen-bond acceptors (Lipinski definition) is 6. The molecular weight excluding hydrogens is 366 g/mol. The molecule has 3 aromatic rings. The molecule has 7 nitrogen and oxygen atoms in total. The average Bonchev–Trinajstić information content (AvgIpc) is 3.18. The van der Waals surface area contributed by atoms with E-state index in [-0.39, 0.29) is 17.9 Å². The van der Waals surface area contributed by atoms with E-state index in [1.165, 1.54) is 5.56 Å². The van der Waals surface area contributed by atoms with Gasteiger partial charge in [-0.25, -0.2) is 4.98 Å². The number of likely N-dealkylation sites (tertiary alicyclic amines) is 1. The SMILES string of the molecule is CC(C)c1noc2ncc(C(=O)NC3CCN([C@@H](C)c4ccncc4)CC3)cc12. The molecular formula is C22H27N5O2. The molecule has 0 unspecified atom stereocenters. The number of nitrogens with zero attached hydrogens (tertiary/aromatic N) is 4. The summed E-state index contributed by atoms with van der Waals surface area (Å²) < 4.78 is 5.26. The van der Waals surface area contributed by atoms with E-state index in [0.717, 1.165) is 37.0 Å². The molecule has 0 radical (unpaired) electrons. The molecule has 0 saturated carbocycles. The lowest BCUT2D eigenvalue weighted by Crippen LogP contribution is -2.45. The Balaban J connectivity index is 1.37. The normalized spacial score (nSPS) is 17.0. The Bertz CT molecular complexity index is 977. The van der Waals surface area contributed by atoms with Crippen LogP contribution in [0.1, 0.15) is 67.2 Å². The largest absolute Gasteiger partial charge is 0.349 e. The summed E-state index contributed by atoms with van der Waals surface area (Å²) in [4.78, 5) is 23.6. The molecule has 1 N–H and O–H groups in total. The molecule has 29 heavy (non-hydrogen) atoms. The van der Waals surface area contributed by atoms with Gasteiger partial charge in [0.1, 0.15) is 0 Å². The van der Waals surface area contributed by atoms with E-state index >= 15 is 0 Å². The molecule has 0 spiro atoms. The minimum atomic E-state index is -0.0871. The van der Waals surface area contributed by atoms with E-state index in [4.69, 9.17) is 4.52 Å². The van der Waals surface area contributed by atoms with Gasteiger partial charge in [0.25, 0.3) is 11.6 Å². The quantitative estimate of drug-likeness (QED) is 0.712. The van der Waals surface area contributed by atoms with Crippen molar-refractivity contribution in [3.63, 3.8) is 0 Å². The van der Waals surface area contributed by atoms with E-state index in [0.29, 0.717) is 17.3 Å². The fourth-order valence-electron chi connectivity index (χ4n) is 3.94. The van der Waals surface area contributed by atoms with Gasteiger partial charge in [-0.05, 0) is 49.4 Å². The zero-order chi connectivity index (χ0) is 20.4. The fraction of sp³-hybridized carbons (Fsp3) is 0.455. The Kier molecular flexibility index (Phi) is 5.58. The number of hydrogen-bond donors (Lipinski definition) is 1. The average molecular weight is 393 g/mol. The Morgan fingerprint density at radius 1 is 1.21 bits per heavy atom. The van der Waals surface area contributed by atoms with E-state index in [1.54, 1.807) is 6.20 Å². The lowest BCUT2D eigenvalue weighted by molar-refractivity contribution is 0.0895. The molecule has 0 bridgehead atoms. The first-order chi connectivity index (χ1) is 14.0. The highest BCUT2D eigenvalue weighted by Crippen LogP contribution is 2.25. The predicted octanol–water partition coefficient (Wildman–Crippen LogP) is 3.70. The second kappa shape index (κ2) is 8.29. The van der Waals surface area contributed by atoms with Gasteiger partial charge in [-0.15, -0.1) is 0 Å². The number of aromatic nitrogens is 3. The number of piperidine rings is 1. The highest BCUT2D eigenvalue weighted by atomic mass is 16.5. The minimum Gasteiger partial charge on any atom is -0.349 e. The van der Waals surface area contributed by atoms with Crippen molar-refractivity contribution in [1.29, 1.82) is 0 Å². The molecule has 4 heterocycles. The summed E-state index contributed by atoms with van der Waals surface area (Å²) >= 11 is 0. The van der Waals surface area contributed by atoms with Gasteiger partial charge in [0.2, 0.25) is 0 Å². The molecule has 1 amide bonds. The van der Waals surface area contributed by atoms with E-state index in [1.807, 2.05) is 32.3 Å². The van der Waals surface area contributed by atoms with Crippen LogP contribution in [0.5, 0.6) is 0 Å². The second-order valence-corrected chi connectivity index (χ2v) is 8.04. The van der Waals surface area contributed by atoms with Crippen LogP contribution in [0.15, 0.2) is 41.3 Å². The first-order valence-electron chi connectivity index (χ1n) is 10.2. The van der Waals surface area contributed by atoms with Gasteiger partial charge in [-0.2, -0.15) is 0 Å². The number of pyridine rings is 2. The zero-order valence-electron chi connectivity index (χ0n) is 17.1. The summed E-state index contributed by atoms with van der Waals surface area (Å²) in [6.07, 6.45) is 7.10. The van der Waals surface area contributed by atoms with Gasteiger partial charge in [0, 0.05) is 43.8 Å². The standard InChI is InChI=1S/C22H27N5O2/c1-14(2)20-19-12-17(13-24-22(19)29-26-20)21(28)25-18-6-10-27(11-7-18)15(3)16-4-8-23-9-5-16/h4-5,8-9,12-15,18H,6-7,10-11H2,1-3H3,(H,25,28)/t15-/m0/s1. The molecule has 1 fully saturated rings. The summed E-state index contributed by atoms with van der Waals surface area (Å²) in [6.45, 7) is 8.22. The first-order valence-corrected chi connectivity index (χ1v) is 10.2. The Hall–Kier alpha value is -2.80. The van der Waals surface area contributed by atoms with Gasteiger partial charge in [-0.1, -0.05) is 19.0 Å². The van der Waals surface area contributed by atoms with Crippen molar-refractivity contribution in [2.45, 2.75) is 51.6 Å². The molecule has 0 aromatic carbocycles. The first kappa shape index (κ1) is 19.5. The predicted molar refractivity (Wildman–Crippen MR) is 111 cm³/mol. The Morgan fingerprint density at radius 2 is 1.93 bits per heavy atom. The monoisotopic (exact) mass is 393 g/mol. The molecule has 1 atom stereocenters. The summed E-state index contributed by atoms with van der Waals surface area (Å²) in [6, 6.07) is 6.50. The maximum atomic E-state index is 12.8. The number of carbonyl (C=O) groups is 1. The third-order valence-electron chi connectivity index (χ3n) is 5.77. The molecule has 0 aliphatic carbocycles. The van der Waals surface area contributed by atoms with Crippen molar-refractivity contribution in [2.24, 2.45) is 0 Å². The van der Waals surface area contributed by atoms with Crippen LogP contribution < -0.4 is 5.32 Å². The van der Waals surface area contributed by atoms with Crippen molar-refractivity contribution in [2.75, 3.05) is 13.1 Å². The van der Waals surface area contributed by atoms with Crippen LogP contribution in [0.2, 0.25) is 0 Å². The second-order valence-electron chi connectivity index (χ2n) is 8.04. The molecule has 7 heteroatoms. The number of fused-ring (bicyclic) bond motifs is 1. The summed E-state index contributed by atoms with van der Waals surface area (Å²) in [5.41, 5.74) is 3.14. The lowest BCUT2D eigenvalue weighted by Gasteiger charge is -2.36. The van der Waals surface area contributed by atoms with Crippen LogP contribution in [0.4, 0.5) is 0 Å². The third-order valence-corrected chi connectivity index (χ3v) is 5.77. The fourth-order valence-corrected chi connectivity index (χ4v) is 3.94. The number of amides is 1. The summed E-state index contributed by atoms with van der Waals surface area (Å²) in [5, 5.41) is 8.07. The van der Waals surface area contributed by atoms with Gasteiger partial charge in [0.15, 0.2) is 0 Å². The molecule has 1 saturated heterocycles. The summed E-state index contributed by atoms with van der Waals surface area (Å²) in [5.74, 6) is 0.124. The Morgan fingerprint density at radius 3 is 2.62 bits per heavy atom. The van der Waals surface area contributed by atoms with Crippen molar-refractivity contribution >= 4 is 17.0 Å². The van der Waals surface area contributed by atoms with Gasteiger partial charge >= 0.3 is 0 Å². The molecule has 4 rings (SSSR count). The summed E-state index contributed by atoms with van der Waals surface area (Å²) in [7, 11) is 0. The zero-order valence-corrected chi connectivity index (χ0v) is 17.1. The maximum Gasteiger partial charge on any atom is 0.257 e. The van der Waals surface area contributed by atoms with Crippen LogP contribution in [0, 0.1) is 0 Å². The number of carbonyl (C=O) groups excluding carboxylic acids is 1. The van der Waals surface area contributed by atoms with Crippen molar-refractivity contribution < 1.29 is 9.32 Å².